The molecule has 4 heteroatoms. The van der Waals surface area contributed by atoms with E-state index in [1.807, 2.05) is 20.8 Å². The Kier molecular flexibility index (Phi) is 6.24. The SMILES string of the molecule is C#CCNC(=O)CCCNC(=O)C(C)(C)C. The lowest BCUT2D eigenvalue weighted by Gasteiger charge is -2.17. The van der Waals surface area contributed by atoms with Gasteiger partial charge >= 0.3 is 0 Å². The van der Waals surface area contributed by atoms with E-state index in [0.717, 1.165) is 0 Å². The Hall–Kier alpha value is -1.50. The first kappa shape index (κ1) is 14.5. The molecule has 16 heavy (non-hydrogen) atoms. The molecule has 0 heterocycles. The third-order valence-electron chi connectivity index (χ3n) is 1.93. The smallest absolute Gasteiger partial charge is 0.225 e. The fourth-order valence-corrected chi connectivity index (χ4v) is 0.954. The number of terminal acetylenes is 1. The maximum atomic E-state index is 11.4. The van der Waals surface area contributed by atoms with Gasteiger partial charge in [-0.2, -0.15) is 0 Å². The van der Waals surface area contributed by atoms with Crippen LogP contribution >= 0.6 is 0 Å². The van der Waals surface area contributed by atoms with Gasteiger partial charge in [-0.1, -0.05) is 26.7 Å². The molecule has 0 unspecified atom stereocenters. The maximum absolute atomic E-state index is 11.4. The van der Waals surface area contributed by atoms with Crippen molar-refractivity contribution < 1.29 is 9.59 Å². The van der Waals surface area contributed by atoms with Crippen molar-refractivity contribution in [2.45, 2.75) is 33.6 Å². The summed E-state index contributed by atoms with van der Waals surface area (Å²) in [6.07, 6.45) is 6.00. The summed E-state index contributed by atoms with van der Waals surface area (Å²) in [5.74, 6) is 2.24. The molecule has 0 bridgehead atoms. The van der Waals surface area contributed by atoms with Crippen LogP contribution in [0.1, 0.15) is 33.6 Å². The molecule has 0 aromatic rings. The Balaban J connectivity index is 3.58. The van der Waals surface area contributed by atoms with Gasteiger partial charge in [-0.25, -0.2) is 0 Å². The monoisotopic (exact) mass is 224 g/mol. The molecule has 0 aliphatic heterocycles. The summed E-state index contributed by atoms with van der Waals surface area (Å²) in [6.45, 7) is 6.32. The topological polar surface area (TPSA) is 58.2 Å². The molecular formula is C12H20N2O2. The largest absolute Gasteiger partial charge is 0.356 e. The van der Waals surface area contributed by atoms with Crippen molar-refractivity contribution in [2.24, 2.45) is 5.41 Å². The molecule has 0 aromatic carbocycles. The lowest BCUT2D eigenvalue weighted by molar-refractivity contribution is -0.128. The van der Waals surface area contributed by atoms with Gasteiger partial charge in [-0.15, -0.1) is 6.42 Å². The first-order valence-electron chi connectivity index (χ1n) is 5.36. The van der Waals surface area contributed by atoms with Gasteiger partial charge in [0.25, 0.3) is 0 Å². The van der Waals surface area contributed by atoms with Crippen LogP contribution in [0.25, 0.3) is 0 Å². The summed E-state index contributed by atoms with van der Waals surface area (Å²) in [7, 11) is 0. The van der Waals surface area contributed by atoms with Crippen molar-refractivity contribution in [3.05, 3.63) is 0 Å². The molecule has 0 saturated heterocycles. The Morgan fingerprint density at radius 2 is 1.88 bits per heavy atom. The van der Waals surface area contributed by atoms with Crippen LogP contribution in [0.15, 0.2) is 0 Å². The number of amides is 2. The van der Waals surface area contributed by atoms with Gasteiger partial charge in [0, 0.05) is 18.4 Å². The standard InChI is InChI=1S/C12H20N2O2/c1-5-8-13-10(15)7-6-9-14-11(16)12(2,3)4/h1H,6-9H2,2-4H3,(H,13,15)(H,14,16). The van der Waals surface area contributed by atoms with E-state index in [1.54, 1.807) is 0 Å². The van der Waals surface area contributed by atoms with Gasteiger partial charge < -0.3 is 10.6 Å². The van der Waals surface area contributed by atoms with E-state index in [9.17, 15) is 9.59 Å². The number of carbonyl (C=O) groups is 2. The molecule has 0 aromatic heterocycles. The predicted octanol–water partition coefficient (Wildman–Crippen LogP) is 0.678. The predicted molar refractivity (Wildman–Crippen MR) is 63.5 cm³/mol. The third-order valence-corrected chi connectivity index (χ3v) is 1.93. The summed E-state index contributed by atoms with van der Waals surface area (Å²) in [6, 6.07) is 0. The molecule has 2 N–H and O–H groups in total. The highest BCUT2D eigenvalue weighted by Crippen LogP contribution is 2.12. The minimum Gasteiger partial charge on any atom is -0.356 e. The van der Waals surface area contributed by atoms with E-state index >= 15 is 0 Å². The van der Waals surface area contributed by atoms with Crippen LogP contribution in [0.5, 0.6) is 0 Å². The Labute approximate surface area is 97.2 Å². The second kappa shape index (κ2) is 6.89. The Morgan fingerprint density at radius 3 is 2.38 bits per heavy atom. The number of nitrogens with one attached hydrogen (secondary N) is 2. The number of carbonyl (C=O) groups excluding carboxylic acids is 2. The molecule has 0 rings (SSSR count). The minimum absolute atomic E-state index is 0.00321. The number of hydrogen-bond acceptors (Lipinski definition) is 2. The van der Waals surface area contributed by atoms with Gasteiger partial charge in [0.2, 0.25) is 11.8 Å². The van der Waals surface area contributed by atoms with Crippen molar-refractivity contribution in [1.82, 2.24) is 10.6 Å². The van der Waals surface area contributed by atoms with Gasteiger partial charge in [0.1, 0.15) is 0 Å². The highest BCUT2D eigenvalue weighted by atomic mass is 16.2. The fraction of sp³-hybridized carbons (Fsp3) is 0.667. The van der Waals surface area contributed by atoms with Crippen molar-refractivity contribution >= 4 is 11.8 Å². The molecule has 0 aliphatic rings. The van der Waals surface area contributed by atoms with Crippen LogP contribution < -0.4 is 10.6 Å². The maximum Gasteiger partial charge on any atom is 0.225 e. The van der Waals surface area contributed by atoms with Gasteiger partial charge in [-0.05, 0) is 6.42 Å². The highest BCUT2D eigenvalue weighted by Gasteiger charge is 2.20. The Morgan fingerprint density at radius 1 is 1.25 bits per heavy atom. The van der Waals surface area contributed by atoms with Gasteiger partial charge in [0.15, 0.2) is 0 Å². The van der Waals surface area contributed by atoms with Crippen molar-refractivity contribution in [1.29, 1.82) is 0 Å². The first-order chi connectivity index (χ1) is 7.38. The van der Waals surface area contributed by atoms with Crippen molar-refractivity contribution in [3.63, 3.8) is 0 Å². The molecule has 0 aliphatic carbocycles. The number of hydrogen-bond donors (Lipinski definition) is 2. The van der Waals surface area contributed by atoms with Crippen LogP contribution in [-0.4, -0.2) is 24.9 Å². The molecule has 0 spiro atoms. The van der Waals surface area contributed by atoms with E-state index in [-0.39, 0.29) is 23.8 Å². The summed E-state index contributed by atoms with van der Waals surface area (Å²) in [4.78, 5) is 22.6. The molecule has 0 atom stereocenters. The average molecular weight is 224 g/mol. The van der Waals surface area contributed by atoms with E-state index in [0.29, 0.717) is 19.4 Å². The van der Waals surface area contributed by atoms with Crippen molar-refractivity contribution in [2.75, 3.05) is 13.1 Å². The third kappa shape index (κ3) is 6.88. The molecule has 0 radical (unpaired) electrons. The summed E-state index contributed by atoms with van der Waals surface area (Å²) in [5.41, 5.74) is -0.383. The zero-order valence-corrected chi connectivity index (χ0v) is 10.2. The van der Waals surface area contributed by atoms with Crippen LogP contribution in [-0.2, 0) is 9.59 Å². The quantitative estimate of drug-likeness (QED) is 0.533. The molecule has 2 amide bonds. The second-order valence-corrected chi connectivity index (χ2v) is 4.59. The normalized spacial score (nSPS) is 10.4. The molecule has 0 fully saturated rings. The van der Waals surface area contributed by atoms with E-state index in [2.05, 4.69) is 16.6 Å². The van der Waals surface area contributed by atoms with Gasteiger partial charge in [0.05, 0.1) is 6.54 Å². The highest BCUT2D eigenvalue weighted by molar-refractivity contribution is 5.81. The molecule has 4 nitrogen and oxygen atoms in total. The summed E-state index contributed by atoms with van der Waals surface area (Å²) < 4.78 is 0. The van der Waals surface area contributed by atoms with E-state index < -0.39 is 0 Å². The zero-order valence-electron chi connectivity index (χ0n) is 10.2. The fourth-order valence-electron chi connectivity index (χ4n) is 0.954. The lowest BCUT2D eigenvalue weighted by atomic mass is 9.96. The van der Waals surface area contributed by atoms with E-state index in [1.165, 1.54) is 0 Å². The van der Waals surface area contributed by atoms with Crippen LogP contribution in [0.2, 0.25) is 0 Å². The zero-order chi connectivity index (χ0) is 12.6. The molecular weight excluding hydrogens is 204 g/mol. The van der Waals surface area contributed by atoms with E-state index in [4.69, 9.17) is 6.42 Å². The second-order valence-electron chi connectivity index (χ2n) is 4.59. The summed E-state index contributed by atoms with van der Waals surface area (Å²) >= 11 is 0. The molecule has 0 saturated carbocycles. The number of rotatable bonds is 5. The van der Waals surface area contributed by atoms with Crippen LogP contribution in [0.4, 0.5) is 0 Å². The summed E-state index contributed by atoms with van der Waals surface area (Å²) in [5, 5.41) is 5.34. The average Bonchev–Trinajstić information content (AvgIpc) is 2.19. The Bertz CT molecular complexity index is 284. The first-order valence-corrected chi connectivity index (χ1v) is 5.36. The van der Waals surface area contributed by atoms with Gasteiger partial charge in [-0.3, -0.25) is 9.59 Å². The lowest BCUT2D eigenvalue weighted by Crippen LogP contribution is -2.35. The molecule has 90 valence electrons. The minimum atomic E-state index is -0.383. The van der Waals surface area contributed by atoms with Crippen LogP contribution in [0.3, 0.4) is 0 Å². The van der Waals surface area contributed by atoms with Crippen molar-refractivity contribution in [3.8, 4) is 12.3 Å². The van der Waals surface area contributed by atoms with Crippen LogP contribution in [0, 0.1) is 17.8 Å².